The van der Waals surface area contributed by atoms with E-state index in [1.54, 1.807) is 36.4 Å². The number of halogens is 2. The smallest absolute Gasteiger partial charge is 0.343 e. The number of rotatable bonds is 13. The molecule has 0 radical (unpaired) electrons. The molecule has 1 fully saturated rings. The van der Waals surface area contributed by atoms with Gasteiger partial charge in [-0.1, -0.05) is 18.2 Å². The molecular formula is C35H42F2N2O4. The zero-order valence-electron chi connectivity index (χ0n) is 26.1. The molecule has 3 aromatic rings. The van der Waals surface area contributed by atoms with E-state index in [4.69, 9.17) is 9.47 Å². The number of pyridine rings is 1. The van der Waals surface area contributed by atoms with Gasteiger partial charge in [-0.05, 0) is 108 Å². The molecule has 1 heterocycles. The van der Waals surface area contributed by atoms with Crippen LogP contribution in [0.5, 0.6) is 11.6 Å². The number of aromatic nitrogens is 1. The van der Waals surface area contributed by atoms with Crippen molar-refractivity contribution in [3.05, 3.63) is 77.2 Å². The van der Waals surface area contributed by atoms with Crippen molar-refractivity contribution in [2.45, 2.75) is 84.5 Å². The molecule has 2 aromatic carbocycles. The van der Waals surface area contributed by atoms with E-state index in [0.717, 1.165) is 24.6 Å². The number of esters is 1. The molecule has 0 amide bonds. The fourth-order valence-corrected chi connectivity index (χ4v) is 5.85. The average molecular weight is 593 g/mol. The van der Waals surface area contributed by atoms with Crippen molar-refractivity contribution in [3.8, 4) is 22.8 Å². The van der Waals surface area contributed by atoms with E-state index in [1.165, 1.54) is 27.0 Å². The Morgan fingerprint density at radius 3 is 2.37 bits per heavy atom. The molecule has 1 aliphatic carbocycles. The summed E-state index contributed by atoms with van der Waals surface area (Å²) in [5, 5.41) is 0. The lowest BCUT2D eigenvalue weighted by Gasteiger charge is -2.30. The van der Waals surface area contributed by atoms with Crippen molar-refractivity contribution in [2.24, 2.45) is 5.92 Å². The summed E-state index contributed by atoms with van der Waals surface area (Å²) in [4.78, 5) is 31.9. The molecule has 0 bridgehead atoms. The van der Waals surface area contributed by atoms with E-state index in [1.807, 2.05) is 6.07 Å². The lowest BCUT2D eigenvalue weighted by molar-refractivity contribution is -0.129. The number of hydrogen-bond acceptors (Lipinski definition) is 6. The number of alkyl halides is 1. The second-order valence-corrected chi connectivity index (χ2v) is 12.2. The molecule has 0 unspecified atom stereocenters. The summed E-state index contributed by atoms with van der Waals surface area (Å²) < 4.78 is 41.6. The molecule has 0 saturated heterocycles. The van der Waals surface area contributed by atoms with E-state index in [2.05, 4.69) is 37.6 Å². The number of Topliss-reactive ketones (excluding diaryl/α,β-unsaturated/α-hetero) is 1. The van der Waals surface area contributed by atoms with E-state index in [0.29, 0.717) is 47.5 Å². The molecule has 0 aliphatic heterocycles. The van der Waals surface area contributed by atoms with E-state index in [-0.39, 0.29) is 17.4 Å². The summed E-state index contributed by atoms with van der Waals surface area (Å²) in [6.07, 6.45) is 3.36. The van der Waals surface area contributed by atoms with Gasteiger partial charge in [-0.3, -0.25) is 9.69 Å². The number of nitrogens with zero attached hydrogens (tertiary/aromatic N) is 2. The van der Waals surface area contributed by atoms with E-state index >= 15 is 4.39 Å². The first-order valence-electron chi connectivity index (χ1n) is 14.9. The molecule has 230 valence electrons. The van der Waals surface area contributed by atoms with Crippen LogP contribution in [0.2, 0.25) is 0 Å². The van der Waals surface area contributed by atoms with Crippen LogP contribution in [0.25, 0.3) is 11.1 Å². The maximum Gasteiger partial charge on any atom is 0.343 e. The van der Waals surface area contributed by atoms with Crippen molar-refractivity contribution in [3.63, 3.8) is 0 Å². The number of carbonyl (C=O) groups excluding carboxylic acids is 2. The maximum atomic E-state index is 15.6. The van der Waals surface area contributed by atoms with Crippen LogP contribution in [0.4, 0.5) is 8.78 Å². The van der Waals surface area contributed by atoms with Crippen molar-refractivity contribution in [1.29, 1.82) is 0 Å². The van der Waals surface area contributed by atoms with Gasteiger partial charge in [-0.15, -0.1) is 0 Å². The number of ether oxygens (including phenoxy) is 2. The van der Waals surface area contributed by atoms with Crippen LogP contribution in [0.1, 0.15) is 81.8 Å². The minimum Gasteiger partial charge on any atom is -0.481 e. The molecular weight excluding hydrogens is 550 g/mol. The second-order valence-electron chi connectivity index (χ2n) is 12.2. The molecule has 43 heavy (non-hydrogen) atoms. The summed E-state index contributed by atoms with van der Waals surface area (Å²) in [6, 6.07) is 14.1. The third kappa shape index (κ3) is 7.47. The minimum atomic E-state index is -2.03. The molecule has 2 atom stereocenters. The van der Waals surface area contributed by atoms with Crippen molar-refractivity contribution in [2.75, 3.05) is 13.7 Å². The number of benzene rings is 2. The van der Waals surface area contributed by atoms with Crippen LogP contribution in [0, 0.1) is 11.7 Å². The maximum absolute atomic E-state index is 15.6. The Labute approximate surface area is 253 Å². The fraction of sp³-hybridized carbons (Fsp3) is 0.457. The van der Waals surface area contributed by atoms with Crippen LogP contribution >= 0.6 is 0 Å². The predicted octanol–water partition coefficient (Wildman–Crippen LogP) is 7.59. The first-order chi connectivity index (χ1) is 20.3. The van der Waals surface area contributed by atoms with Gasteiger partial charge in [0.05, 0.1) is 18.9 Å². The minimum absolute atomic E-state index is 0.0568. The first kappa shape index (κ1) is 32.3. The van der Waals surface area contributed by atoms with Crippen LogP contribution in [0.3, 0.4) is 0 Å². The number of methoxy groups -OCH3 is 1. The first-order valence-corrected chi connectivity index (χ1v) is 14.9. The number of hydrogen-bond donors (Lipinski definition) is 0. The van der Waals surface area contributed by atoms with Crippen LogP contribution in [-0.4, -0.2) is 53.0 Å². The molecule has 6 nitrogen and oxygen atoms in total. The Kier molecular flexibility index (Phi) is 10.0. The zero-order valence-corrected chi connectivity index (χ0v) is 26.1. The van der Waals surface area contributed by atoms with Gasteiger partial charge < -0.3 is 9.47 Å². The highest BCUT2D eigenvalue weighted by Gasteiger charge is 2.48. The molecule has 1 saturated carbocycles. The normalized spacial score (nSPS) is 15.4. The molecule has 0 spiro atoms. The molecule has 1 aliphatic rings. The molecule has 0 N–H and O–H groups in total. The van der Waals surface area contributed by atoms with Crippen molar-refractivity contribution < 1.29 is 27.8 Å². The second kappa shape index (κ2) is 13.3. The van der Waals surface area contributed by atoms with Crippen molar-refractivity contribution >= 4 is 11.8 Å². The Balaban J connectivity index is 1.67. The van der Waals surface area contributed by atoms with Gasteiger partial charge in [0.15, 0.2) is 11.5 Å². The number of carbonyl (C=O) groups is 2. The summed E-state index contributed by atoms with van der Waals surface area (Å²) in [5.41, 5.74) is 0.527. The van der Waals surface area contributed by atoms with Gasteiger partial charge >= 0.3 is 5.97 Å². The lowest BCUT2D eigenvalue weighted by atomic mass is 9.78. The van der Waals surface area contributed by atoms with E-state index in [9.17, 15) is 14.0 Å². The largest absolute Gasteiger partial charge is 0.481 e. The number of ketones is 1. The molecule has 8 heteroatoms. The standard InChI is InChI=1S/C35H42F2N2O4/c1-21(2)39(22(3)4)16-15-26-17-25(29-19-32(42-7)38-20-30(29)36)13-14-31(26)43-34(41)28-10-8-9-27(18-28)33(24-11-12-24)35(6,37)23(5)40/h8-10,13-14,17-22,24,33H,11-12,15-16H2,1-7H3/t33-,35-/m0/s1. The summed E-state index contributed by atoms with van der Waals surface area (Å²) in [6.45, 7) is 11.8. The van der Waals surface area contributed by atoms with Gasteiger partial charge in [-0.25, -0.2) is 18.6 Å². The summed E-state index contributed by atoms with van der Waals surface area (Å²) in [7, 11) is 1.47. The van der Waals surface area contributed by atoms with Gasteiger partial charge in [0.1, 0.15) is 11.6 Å². The molecule has 1 aromatic heterocycles. The molecule has 4 rings (SSSR count). The van der Waals surface area contributed by atoms with Crippen LogP contribution in [0.15, 0.2) is 54.7 Å². The monoisotopic (exact) mass is 592 g/mol. The quantitative estimate of drug-likeness (QED) is 0.151. The van der Waals surface area contributed by atoms with Gasteiger partial charge in [0, 0.05) is 36.2 Å². The topological polar surface area (TPSA) is 68.7 Å². The predicted molar refractivity (Wildman–Crippen MR) is 164 cm³/mol. The highest BCUT2D eigenvalue weighted by atomic mass is 19.1. The van der Waals surface area contributed by atoms with Gasteiger partial charge in [0.25, 0.3) is 0 Å². The van der Waals surface area contributed by atoms with Crippen LogP contribution in [-0.2, 0) is 11.2 Å². The Morgan fingerprint density at radius 1 is 1.07 bits per heavy atom. The fourth-order valence-electron chi connectivity index (χ4n) is 5.85. The van der Waals surface area contributed by atoms with Gasteiger partial charge in [0.2, 0.25) is 5.88 Å². The van der Waals surface area contributed by atoms with Crippen molar-refractivity contribution in [1.82, 2.24) is 9.88 Å². The van der Waals surface area contributed by atoms with E-state index < -0.39 is 29.2 Å². The summed E-state index contributed by atoms with van der Waals surface area (Å²) >= 11 is 0. The van der Waals surface area contributed by atoms with Gasteiger partial charge in [-0.2, -0.15) is 0 Å². The Bertz CT molecular complexity index is 1460. The third-order valence-corrected chi connectivity index (χ3v) is 8.43. The highest BCUT2D eigenvalue weighted by molar-refractivity contribution is 5.92. The Hall–Kier alpha value is -3.65. The summed E-state index contributed by atoms with van der Waals surface area (Å²) in [5.74, 6) is -1.52. The lowest BCUT2D eigenvalue weighted by Crippen LogP contribution is -2.38. The Morgan fingerprint density at radius 2 is 1.77 bits per heavy atom. The average Bonchev–Trinajstić information content (AvgIpc) is 3.79. The highest BCUT2D eigenvalue weighted by Crippen LogP contribution is 2.50. The third-order valence-electron chi connectivity index (χ3n) is 8.43. The van der Waals surface area contributed by atoms with Crippen LogP contribution < -0.4 is 9.47 Å². The zero-order chi connectivity index (χ0) is 31.5. The SMILES string of the molecule is COc1cc(-c2ccc(OC(=O)c3cccc([C@H](C4CC4)[C@@](C)(F)C(C)=O)c3)c(CCN(C(C)C)C(C)C)c2)c(F)cn1.